The zero-order valence-electron chi connectivity index (χ0n) is 13.8. The van der Waals surface area contributed by atoms with E-state index < -0.39 is 9.84 Å². The maximum atomic E-state index is 12.9. The van der Waals surface area contributed by atoms with Crippen LogP contribution in [0.5, 0.6) is 0 Å². The molecule has 0 saturated carbocycles. The molecule has 1 unspecified atom stereocenters. The fourth-order valence-electron chi connectivity index (χ4n) is 2.71. The third kappa shape index (κ3) is 4.06. The second kappa shape index (κ2) is 7.85. The van der Waals surface area contributed by atoms with Gasteiger partial charge in [-0.1, -0.05) is 67.7 Å². The van der Waals surface area contributed by atoms with Crippen LogP contribution in [0.25, 0.3) is 0 Å². The summed E-state index contributed by atoms with van der Waals surface area (Å²) in [6.07, 6.45) is 0. The molecule has 0 heterocycles. The molecule has 3 aromatic carbocycles. The van der Waals surface area contributed by atoms with E-state index in [0.717, 1.165) is 15.6 Å². The Bertz CT molecular complexity index is 1050. The van der Waals surface area contributed by atoms with E-state index in [1.54, 1.807) is 37.3 Å². The molecule has 0 aliphatic rings. The van der Waals surface area contributed by atoms with Crippen molar-refractivity contribution in [2.75, 3.05) is 0 Å². The highest BCUT2D eigenvalue weighted by Crippen LogP contribution is 2.33. The van der Waals surface area contributed by atoms with Crippen LogP contribution in [-0.2, 0) is 9.84 Å². The van der Waals surface area contributed by atoms with Crippen molar-refractivity contribution >= 4 is 53.3 Å². The number of benzene rings is 3. The van der Waals surface area contributed by atoms with Crippen molar-refractivity contribution in [3.8, 4) is 0 Å². The molecular weight excluding hydrogens is 500 g/mol. The van der Waals surface area contributed by atoms with Crippen molar-refractivity contribution in [3.05, 3.63) is 92.9 Å². The van der Waals surface area contributed by atoms with E-state index in [-0.39, 0.29) is 14.6 Å². The molecule has 0 fully saturated rings. The maximum Gasteiger partial charge on any atom is 0.206 e. The zero-order valence-corrected chi connectivity index (χ0v) is 18.5. The normalized spacial score (nSPS) is 12.8. The number of hydrogen-bond acceptors (Lipinski definition) is 2. The minimum Gasteiger partial charge on any atom is -0.219 e. The Hall–Kier alpha value is -1.14. The SMILES string of the molecule is Cc1cc(Cl)ccc1S(=O)(=O)c1ccc(C(Br)c2cccc(Br)c2)cc1. The van der Waals surface area contributed by atoms with Crippen LogP contribution in [0.3, 0.4) is 0 Å². The van der Waals surface area contributed by atoms with Gasteiger partial charge in [0.25, 0.3) is 0 Å². The van der Waals surface area contributed by atoms with Gasteiger partial charge in [-0.25, -0.2) is 8.42 Å². The van der Waals surface area contributed by atoms with Crippen LogP contribution < -0.4 is 0 Å². The fraction of sp³-hybridized carbons (Fsp3) is 0.100. The lowest BCUT2D eigenvalue weighted by atomic mass is 10.1. The lowest BCUT2D eigenvalue weighted by Crippen LogP contribution is -2.04. The third-order valence-corrected chi connectivity index (χ3v) is 7.77. The van der Waals surface area contributed by atoms with Crippen LogP contribution in [0.15, 0.2) is 81.0 Å². The monoisotopic (exact) mass is 512 g/mol. The van der Waals surface area contributed by atoms with Gasteiger partial charge in [-0.3, -0.25) is 0 Å². The van der Waals surface area contributed by atoms with Crippen molar-refractivity contribution in [2.24, 2.45) is 0 Å². The molecular formula is C20H15Br2ClO2S. The number of rotatable bonds is 4. The van der Waals surface area contributed by atoms with Gasteiger partial charge in [0, 0.05) is 9.50 Å². The lowest BCUT2D eigenvalue weighted by Gasteiger charge is -2.13. The van der Waals surface area contributed by atoms with Gasteiger partial charge in [-0.15, -0.1) is 0 Å². The Kier molecular flexibility index (Phi) is 5.92. The average Bonchev–Trinajstić information content (AvgIpc) is 2.61. The average molecular weight is 515 g/mol. The summed E-state index contributed by atoms with van der Waals surface area (Å²) in [6, 6.07) is 19.7. The Morgan fingerprint density at radius 2 is 1.62 bits per heavy atom. The molecule has 0 spiro atoms. The summed E-state index contributed by atoms with van der Waals surface area (Å²) in [4.78, 5) is 0.520. The van der Waals surface area contributed by atoms with Crippen molar-refractivity contribution < 1.29 is 8.42 Å². The molecule has 6 heteroatoms. The van der Waals surface area contributed by atoms with Crippen molar-refractivity contribution in [1.82, 2.24) is 0 Å². The van der Waals surface area contributed by atoms with Gasteiger partial charge in [0.15, 0.2) is 0 Å². The van der Waals surface area contributed by atoms with Gasteiger partial charge in [0.1, 0.15) is 0 Å². The predicted octanol–water partition coefficient (Wildman–Crippen LogP) is 6.73. The van der Waals surface area contributed by atoms with E-state index in [1.807, 2.05) is 36.4 Å². The molecule has 0 N–H and O–H groups in total. The number of alkyl halides is 1. The molecule has 3 aromatic rings. The molecule has 0 aliphatic heterocycles. The summed E-state index contributed by atoms with van der Waals surface area (Å²) in [5, 5.41) is 0.521. The van der Waals surface area contributed by atoms with Crippen LogP contribution in [0.4, 0.5) is 0 Å². The lowest BCUT2D eigenvalue weighted by molar-refractivity contribution is 0.595. The maximum absolute atomic E-state index is 12.9. The Morgan fingerprint density at radius 1 is 0.923 bits per heavy atom. The van der Waals surface area contributed by atoms with Crippen molar-refractivity contribution in [1.29, 1.82) is 0 Å². The highest BCUT2D eigenvalue weighted by molar-refractivity contribution is 9.10. The first kappa shape index (κ1) is 19.6. The van der Waals surface area contributed by atoms with Gasteiger partial charge < -0.3 is 0 Å². The second-order valence-electron chi connectivity index (χ2n) is 5.90. The minimum absolute atomic E-state index is 0.0194. The molecule has 0 amide bonds. The van der Waals surface area contributed by atoms with Crippen LogP contribution in [0.1, 0.15) is 21.5 Å². The summed E-state index contributed by atoms with van der Waals surface area (Å²) in [7, 11) is -3.58. The Labute approximate surface area is 175 Å². The highest BCUT2D eigenvalue weighted by atomic mass is 79.9. The quantitative estimate of drug-likeness (QED) is 0.362. The first-order valence-electron chi connectivity index (χ1n) is 7.80. The van der Waals surface area contributed by atoms with E-state index >= 15 is 0 Å². The summed E-state index contributed by atoms with van der Waals surface area (Å²) in [6.45, 7) is 1.74. The number of sulfone groups is 1. The molecule has 1 atom stereocenters. The molecule has 26 heavy (non-hydrogen) atoms. The van der Waals surface area contributed by atoms with Gasteiger partial charge in [-0.2, -0.15) is 0 Å². The second-order valence-corrected chi connectivity index (χ2v) is 10.1. The number of aryl methyl sites for hydroxylation is 1. The Balaban J connectivity index is 1.94. The molecule has 0 aromatic heterocycles. The van der Waals surface area contributed by atoms with Crippen LogP contribution in [0, 0.1) is 6.92 Å². The molecule has 2 nitrogen and oxygen atoms in total. The highest BCUT2D eigenvalue weighted by Gasteiger charge is 2.20. The largest absolute Gasteiger partial charge is 0.219 e. The third-order valence-electron chi connectivity index (χ3n) is 4.05. The van der Waals surface area contributed by atoms with Gasteiger partial charge in [0.2, 0.25) is 9.84 Å². The smallest absolute Gasteiger partial charge is 0.206 e. The minimum atomic E-state index is -3.58. The molecule has 0 aliphatic carbocycles. The summed E-state index contributed by atoms with van der Waals surface area (Å²) >= 11 is 13.1. The molecule has 0 bridgehead atoms. The first-order chi connectivity index (χ1) is 12.3. The number of halogens is 3. The first-order valence-corrected chi connectivity index (χ1v) is 11.4. The van der Waals surface area contributed by atoms with E-state index in [1.165, 1.54) is 0 Å². The van der Waals surface area contributed by atoms with E-state index in [0.29, 0.717) is 10.6 Å². The Morgan fingerprint density at radius 3 is 2.23 bits per heavy atom. The number of hydrogen-bond donors (Lipinski definition) is 0. The van der Waals surface area contributed by atoms with E-state index in [9.17, 15) is 8.42 Å². The van der Waals surface area contributed by atoms with Crippen LogP contribution in [-0.4, -0.2) is 8.42 Å². The molecule has 0 radical (unpaired) electrons. The van der Waals surface area contributed by atoms with Gasteiger partial charge in [0.05, 0.1) is 14.6 Å². The van der Waals surface area contributed by atoms with Crippen LogP contribution in [0.2, 0.25) is 5.02 Å². The zero-order chi connectivity index (χ0) is 18.9. The van der Waals surface area contributed by atoms with Gasteiger partial charge in [-0.05, 0) is 66.1 Å². The van der Waals surface area contributed by atoms with Gasteiger partial charge >= 0.3 is 0 Å². The molecule has 3 rings (SSSR count). The summed E-state index contributed by atoms with van der Waals surface area (Å²) in [5.41, 5.74) is 2.70. The molecule has 0 saturated heterocycles. The van der Waals surface area contributed by atoms with E-state index in [2.05, 4.69) is 31.9 Å². The van der Waals surface area contributed by atoms with Crippen molar-refractivity contribution in [2.45, 2.75) is 21.5 Å². The molecule has 134 valence electrons. The topological polar surface area (TPSA) is 34.1 Å². The standard InChI is InChI=1S/C20H15Br2ClO2S/c1-13-11-17(23)7-10-19(13)26(24,25)18-8-5-14(6-9-18)20(22)15-3-2-4-16(21)12-15/h2-12,20H,1H3. The summed E-state index contributed by atoms with van der Waals surface area (Å²) in [5.74, 6) is 0. The van der Waals surface area contributed by atoms with Crippen molar-refractivity contribution in [3.63, 3.8) is 0 Å². The fourth-order valence-corrected chi connectivity index (χ4v) is 5.43. The van der Waals surface area contributed by atoms with Crippen LogP contribution >= 0.6 is 43.5 Å². The van der Waals surface area contributed by atoms with E-state index in [4.69, 9.17) is 11.6 Å². The summed E-state index contributed by atoms with van der Waals surface area (Å²) < 4.78 is 26.8. The predicted molar refractivity (Wildman–Crippen MR) is 113 cm³/mol.